The van der Waals surface area contributed by atoms with E-state index in [0.717, 1.165) is 50.3 Å². The van der Waals surface area contributed by atoms with Gasteiger partial charge < -0.3 is 25.4 Å². The molecule has 0 aromatic carbocycles. The van der Waals surface area contributed by atoms with Crippen molar-refractivity contribution in [2.24, 2.45) is 5.41 Å². The van der Waals surface area contributed by atoms with E-state index in [2.05, 4.69) is 65.3 Å². The number of carbonyl (C=O) groups is 3. The first-order chi connectivity index (χ1) is 18.5. The van der Waals surface area contributed by atoms with Gasteiger partial charge in [0.2, 0.25) is 5.91 Å². The zero-order valence-corrected chi connectivity index (χ0v) is 24.3. The SMILES string of the molecule is CCCCC(NC(=O)c1[nH]c2c(c1C)C(=O)CC(C)(C)C2)C(=O)Nc1ccc(N(C)C2CCN(C)CC2)nc1. The lowest BCUT2D eigenvalue weighted by Gasteiger charge is -2.35. The summed E-state index contributed by atoms with van der Waals surface area (Å²) in [5.41, 5.74) is 2.91. The molecule has 0 radical (unpaired) electrons. The number of fused-ring (bicyclic) bond motifs is 1. The molecule has 0 bridgehead atoms. The highest BCUT2D eigenvalue weighted by atomic mass is 16.2. The number of aromatic nitrogens is 2. The number of hydrogen-bond acceptors (Lipinski definition) is 6. The Labute approximate surface area is 232 Å². The minimum Gasteiger partial charge on any atom is -0.357 e. The van der Waals surface area contributed by atoms with Crippen LogP contribution in [-0.2, 0) is 11.2 Å². The van der Waals surface area contributed by atoms with E-state index in [1.165, 1.54) is 0 Å². The molecule has 3 N–H and O–H groups in total. The number of likely N-dealkylation sites (tertiary alicyclic amines) is 1. The first-order valence-corrected chi connectivity index (χ1v) is 14.2. The van der Waals surface area contributed by atoms with Crippen LogP contribution in [0.25, 0.3) is 0 Å². The number of ketones is 1. The molecular formula is C30H44N6O3. The highest BCUT2D eigenvalue weighted by Crippen LogP contribution is 2.36. The third-order valence-electron chi connectivity index (χ3n) is 8.21. The van der Waals surface area contributed by atoms with Gasteiger partial charge in [0.05, 0.1) is 11.9 Å². The molecule has 1 atom stereocenters. The summed E-state index contributed by atoms with van der Waals surface area (Å²) < 4.78 is 0. The first-order valence-electron chi connectivity index (χ1n) is 14.2. The molecule has 1 unspecified atom stereocenters. The number of aromatic amines is 1. The summed E-state index contributed by atoms with van der Waals surface area (Å²) in [6.07, 6.45) is 7.25. The van der Waals surface area contributed by atoms with E-state index in [4.69, 9.17) is 0 Å². The van der Waals surface area contributed by atoms with E-state index < -0.39 is 6.04 Å². The maximum Gasteiger partial charge on any atom is 0.268 e. The van der Waals surface area contributed by atoms with Crippen LogP contribution in [0.2, 0.25) is 0 Å². The summed E-state index contributed by atoms with van der Waals surface area (Å²) >= 11 is 0. The molecular weight excluding hydrogens is 492 g/mol. The van der Waals surface area contributed by atoms with Gasteiger partial charge in [-0.15, -0.1) is 0 Å². The monoisotopic (exact) mass is 536 g/mol. The zero-order valence-electron chi connectivity index (χ0n) is 24.3. The summed E-state index contributed by atoms with van der Waals surface area (Å²) in [4.78, 5) is 51.7. The van der Waals surface area contributed by atoms with Crippen LogP contribution in [0, 0.1) is 12.3 Å². The number of Topliss-reactive ketones (excluding diaryl/α,β-unsaturated/α-hetero) is 1. The van der Waals surface area contributed by atoms with E-state index >= 15 is 0 Å². The van der Waals surface area contributed by atoms with Crippen molar-refractivity contribution in [1.82, 2.24) is 20.2 Å². The minimum absolute atomic E-state index is 0.0618. The van der Waals surface area contributed by atoms with Gasteiger partial charge in [-0.25, -0.2) is 4.98 Å². The Bertz CT molecular complexity index is 1190. The number of pyridine rings is 1. The number of amides is 2. The predicted molar refractivity (Wildman–Crippen MR) is 155 cm³/mol. The number of rotatable bonds is 9. The summed E-state index contributed by atoms with van der Waals surface area (Å²) in [5, 5.41) is 5.86. The second-order valence-electron chi connectivity index (χ2n) is 12.1. The second kappa shape index (κ2) is 11.9. The Morgan fingerprint density at radius 1 is 1.23 bits per heavy atom. The molecule has 0 saturated carbocycles. The molecule has 2 aromatic rings. The van der Waals surface area contributed by atoms with Gasteiger partial charge in [-0.2, -0.15) is 0 Å². The van der Waals surface area contributed by atoms with Crippen LogP contribution in [0.1, 0.15) is 91.4 Å². The molecule has 0 spiro atoms. The third-order valence-corrected chi connectivity index (χ3v) is 8.21. The predicted octanol–water partition coefficient (Wildman–Crippen LogP) is 4.33. The Kier molecular flexibility index (Phi) is 8.79. The smallest absolute Gasteiger partial charge is 0.268 e. The highest BCUT2D eigenvalue weighted by Gasteiger charge is 2.35. The summed E-state index contributed by atoms with van der Waals surface area (Å²) in [6.45, 7) is 10.1. The molecule has 1 aliphatic heterocycles. The van der Waals surface area contributed by atoms with Crippen molar-refractivity contribution in [2.45, 2.75) is 84.7 Å². The average molecular weight is 537 g/mol. The molecule has 1 saturated heterocycles. The summed E-state index contributed by atoms with van der Waals surface area (Å²) in [7, 11) is 4.22. The van der Waals surface area contributed by atoms with Crippen molar-refractivity contribution in [3.63, 3.8) is 0 Å². The van der Waals surface area contributed by atoms with E-state index in [-0.39, 0.29) is 23.0 Å². The van der Waals surface area contributed by atoms with Gasteiger partial charge in [0, 0.05) is 30.8 Å². The molecule has 2 aliphatic rings. The molecule has 212 valence electrons. The minimum atomic E-state index is -0.703. The fraction of sp³-hybridized carbons (Fsp3) is 0.600. The summed E-state index contributed by atoms with van der Waals surface area (Å²) in [6, 6.07) is 3.54. The molecule has 39 heavy (non-hydrogen) atoms. The van der Waals surface area contributed by atoms with Gasteiger partial charge in [-0.1, -0.05) is 33.6 Å². The Morgan fingerprint density at radius 2 is 1.95 bits per heavy atom. The molecule has 4 rings (SSSR count). The first kappa shape index (κ1) is 28.8. The fourth-order valence-corrected chi connectivity index (χ4v) is 5.83. The number of carbonyl (C=O) groups excluding carboxylic acids is 3. The van der Waals surface area contributed by atoms with Crippen LogP contribution in [-0.4, -0.2) is 71.7 Å². The van der Waals surface area contributed by atoms with Gasteiger partial charge in [-0.3, -0.25) is 14.4 Å². The van der Waals surface area contributed by atoms with Crippen LogP contribution in [0.5, 0.6) is 0 Å². The maximum atomic E-state index is 13.3. The Hall–Kier alpha value is -3.20. The maximum absolute atomic E-state index is 13.3. The van der Waals surface area contributed by atoms with Gasteiger partial charge in [0.1, 0.15) is 17.6 Å². The lowest BCUT2D eigenvalue weighted by Crippen LogP contribution is -2.44. The number of unbranched alkanes of at least 4 members (excludes halogenated alkanes) is 1. The van der Waals surface area contributed by atoms with Crippen molar-refractivity contribution in [3.8, 4) is 0 Å². The lowest BCUT2D eigenvalue weighted by atomic mass is 9.75. The normalized spacial score (nSPS) is 18.4. The van der Waals surface area contributed by atoms with Crippen LogP contribution in [0.3, 0.4) is 0 Å². The zero-order chi connectivity index (χ0) is 28.3. The molecule has 2 aromatic heterocycles. The van der Waals surface area contributed by atoms with Crippen LogP contribution >= 0.6 is 0 Å². The van der Waals surface area contributed by atoms with Gasteiger partial charge in [0.15, 0.2) is 5.78 Å². The molecule has 1 aliphatic carbocycles. The highest BCUT2D eigenvalue weighted by molar-refractivity contribution is 6.06. The van der Waals surface area contributed by atoms with Gasteiger partial charge in [0.25, 0.3) is 5.91 Å². The number of nitrogens with one attached hydrogen (secondary N) is 3. The largest absolute Gasteiger partial charge is 0.357 e. The number of H-pyrrole nitrogens is 1. The third kappa shape index (κ3) is 6.69. The van der Waals surface area contributed by atoms with Crippen molar-refractivity contribution >= 4 is 29.1 Å². The number of anilines is 2. The number of nitrogens with zero attached hydrogens (tertiary/aromatic N) is 3. The van der Waals surface area contributed by atoms with Crippen molar-refractivity contribution in [2.75, 3.05) is 37.4 Å². The van der Waals surface area contributed by atoms with Gasteiger partial charge >= 0.3 is 0 Å². The number of piperidine rings is 1. The molecule has 1 fully saturated rings. The standard InChI is InChI=1S/C30H44N6O3/c1-7-8-9-22(34-29(39)27-19(2)26-23(33-27)16-30(3,4)17-24(26)37)28(38)32-20-10-11-25(31-18-20)36(6)21-12-14-35(5)15-13-21/h10-11,18,21-22,33H,7-9,12-17H2,1-6H3,(H,32,38)(H,34,39). The quantitative estimate of drug-likeness (QED) is 0.440. The lowest BCUT2D eigenvalue weighted by molar-refractivity contribution is -0.118. The molecule has 9 heteroatoms. The molecule has 9 nitrogen and oxygen atoms in total. The van der Waals surface area contributed by atoms with Crippen LogP contribution in [0.15, 0.2) is 18.3 Å². The van der Waals surface area contributed by atoms with Crippen LogP contribution in [0.4, 0.5) is 11.5 Å². The van der Waals surface area contributed by atoms with E-state index in [1.807, 2.05) is 12.1 Å². The molecule has 2 amide bonds. The van der Waals surface area contributed by atoms with Gasteiger partial charge in [-0.05, 0) is 75.9 Å². The van der Waals surface area contributed by atoms with Crippen LogP contribution < -0.4 is 15.5 Å². The Balaban J connectivity index is 1.43. The Morgan fingerprint density at radius 3 is 2.59 bits per heavy atom. The second-order valence-corrected chi connectivity index (χ2v) is 12.1. The topological polar surface area (TPSA) is 110 Å². The van der Waals surface area contributed by atoms with Crippen molar-refractivity contribution in [1.29, 1.82) is 0 Å². The van der Waals surface area contributed by atoms with E-state index in [1.54, 1.807) is 13.1 Å². The van der Waals surface area contributed by atoms with E-state index in [0.29, 0.717) is 47.8 Å². The van der Waals surface area contributed by atoms with Crippen molar-refractivity contribution in [3.05, 3.63) is 40.8 Å². The number of hydrogen-bond donors (Lipinski definition) is 3. The van der Waals surface area contributed by atoms with E-state index in [9.17, 15) is 14.4 Å². The average Bonchev–Trinajstić information content (AvgIpc) is 3.22. The summed E-state index contributed by atoms with van der Waals surface area (Å²) in [5.74, 6) is 0.298. The fourth-order valence-electron chi connectivity index (χ4n) is 5.83. The molecule has 3 heterocycles. The van der Waals surface area contributed by atoms with Crippen molar-refractivity contribution < 1.29 is 14.4 Å².